The Kier molecular flexibility index (Phi) is 9.40. The normalized spacial score (nSPS) is 17.4. The summed E-state index contributed by atoms with van der Waals surface area (Å²) in [6.07, 6.45) is 2.29. The van der Waals surface area contributed by atoms with Crippen molar-refractivity contribution in [1.29, 1.82) is 0 Å². The third-order valence-corrected chi connectivity index (χ3v) is 8.90. The first-order valence-corrected chi connectivity index (χ1v) is 15.3. The number of carbonyl (C=O) groups is 2. The van der Waals surface area contributed by atoms with Crippen LogP contribution < -0.4 is 10.2 Å². The van der Waals surface area contributed by atoms with Crippen LogP contribution in [0.2, 0.25) is 0 Å². The molecule has 39 heavy (non-hydrogen) atoms. The van der Waals surface area contributed by atoms with Gasteiger partial charge in [-0.2, -0.15) is 11.8 Å². The summed E-state index contributed by atoms with van der Waals surface area (Å²) in [5, 5.41) is 12.4. The smallest absolute Gasteiger partial charge is 0.326 e. The molecule has 0 aromatic heterocycles. The topological polar surface area (TPSA) is 82.0 Å². The average molecular weight is 562 g/mol. The Hall–Kier alpha value is -3.23. The highest BCUT2D eigenvalue weighted by atomic mass is 32.2. The fourth-order valence-electron chi connectivity index (χ4n) is 4.78. The van der Waals surface area contributed by atoms with E-state index >= 15 is 0 Å². The number of hydrogen-bond donors (Lipinski definition) is 2. The van der Waals surface area contributed by atoms with Gasteiger partial charge in [-0.15, -0.1) is 11.8 Å². The fraction of sp³-hybridized carbons (Fsp3) is 0.323. The first-order valence-electron chi connectivity index (χ1n) is 13.0. The van der Waals surface area contributed by atoms with E-state index in [2.05, 4.69) is 42.3 Å². The number of nitrogens with zero attached hydrogens (tertiary/aromatic N) is 2. The monoisotopic (exact) mass is 561 g/mol. The van der Waals surface area contributed by atoms with Crippen LogP contribution in [-0.2, 0) is 11.3 Å². The number of thioether (sulfide) groups is 2. The van der Waals surface area contributed by atoms with Crippen LogP contribution in [0.4, 0.5) is 5.69 Å². The Labute approximate surface area is 239 Å². The summed E-state index contributed by atoms with van der Waals surface area (Å²) in [6.45, 7) is 6.82. The molecule has 1 amide bonds. The number of hydrogen-bond acceptors (Lipinski definition) is 6. The Morgan fingerprint density at radius 3 is 2.44 bits per heavy atom. The van der Waals surface area contributed by atoms with Gasteiger partial charge >= 0.3 is 5.97 Å². The largest absolute Gasteiger partial charge is 0.480 e. The average Bonchev–Trinajstić information content (AvgIpc) is 3.28. The van der Waals surface area contributed by atoms with Crippen molar-refractivity contribution in [3.63, 3.8) is 0 Å². The molecule has 4 rings (SSSR count). The second-order valence-electron chi connectivity index (χ2n) is 9.83. The number of aliphatic carboxylic acids is 1. The summed E-state index contributed by atoms with van der Waals surface area (Å²) in [5.41, 5.74) is 6.46. The van der Waals surface area contributed by atoms with Crippen molar-refractivity contribution in [3.05, 3.63) is 89.5 Å². The Morgan fingerprint density at radius 2 is 1.79 bits per heavy atom. The Balaban J connectivity index is 1.74. The maximum atomic E-state index is 13.5. The molecule has 0 aliphatic carbocycles. The molecule has 1 unspecified atom stereocenters. The molecule has 1 heterocycles. The van der Waals surface area contributed by atoms with E-state index < -0.39 is 17.0 Å². The first-order chi connectivity index (χ1) is 18.7. The highest BCUT2D eigenvalue weighted by Crippen LogP contribution is 2.40. The van der Waals surface area contributed by atoms with Crippen molar-refractivity contribution in [1.82, 2.24) is 5.32 Å². The number of rotatable bonds is 11. The SMILES string of the molecule is CSCC[C@H](NC(=O)c1ccc(CN(c2ccccc2)C2(C)N=C(C)CS2)cc1-c1ccccc1C)C(=O)O. The zero-order valence-electron chi connectivity index (χ0n) is 22.8. The summed E-state index contributed by atoms with van der Waals surface area (Å²) >= 11 is 3.36. The summed E-state index contributed by atoms with van der Waals surface area (Å²) in [5.74, 6) is 0.124. The van der Waals surface area contributed by atoms with E-state index in [1.165, 1.54) is 0 Å². The molecule has 0 saturated carbocycles. The summed E-state index contributed by atoms with van der Waals surface area (Å²) in [7, 11) is 0. The molecule has 0 fully saturated rings. The Morgan fingerprint density at radius 1 is 1.08 bits per heavy atom. The first kappa shape index (κ1) is 28.8. The lowest BCUT2D eigenvalue weighted by molar-refractivity contribution is -0.139. The van der Waals surface area contributed by atoms with Gasteiger partial charge in [-0.1, -0.05) is 48.5 Å². The van der Waals surface area contributed by atoms with Gasteiger partial charge < -0.3 is 15.3 Å². The number of carboxylic acid groups (broad SMARTS) is 1. The number of aliphatic imine (C=N–C) groups is 1. The predicted octanol–water partition coefficient (Wildman–Crippen LogP) is 6.49. The second kappa shape index (κ2) is 12.7. The maximum Gasteiger partial charge on any atom is 0.326 e. The van der Waals surface area contributed by atoms with Crippen molar-refractivity contribution in [2.24, 2.45) is 4.99 Å². The van der Waals surface area contributed by atoms with Crippen LogP contribution in [0.3, 0.4) is 0 Å². The third kappa shape index (κ3) is 6.86. The zero-order valence-corrected chi connectivity index (χ0v) is 24.4. The molecule has 8 heteroatoms. The van der Waals surface area contributed by atoms with Crippen molar-refractivity contribution in [2.45, 2.75) is 44.8 Å². The summed E-state index contributed by atoms with van der Waals surface area (Å²) < 4.78 is 0. The lowest BCUT2D eigenvalue weighted by Crippen LogP contribution is -2.41. The maximum absolute atomic E-state index is 13.5. The standard InChI is InChI=1S/C31H35N3O3S2/c1-21-10-8-9-13-25(21)27-18-23(14-15-26(27)29(35)32-28(30(36)37)16-17-38-4)19-34(24-11-6-5-7-12-24)31(3)33-22(2)20-39-31/h5-15,18,28H,16-17,19-20H2,1-4H3,(H,32,35)(H,36,37)/t28-,31?/m0/s1. The van der Waals surface area contributed by atoms with Crippen LogP contribution in [-0.4, -0.2) is 51.5 Å². The lowest BCUT2D eigenvalue weighted by atomic mass is 9.93. The molecule has 0 spiro atoms. The molecule has 2 atom stereocenters. The summed E-state index contributed by atoms with van der Waals surface area (Å²) in [4.78, 5) is 32.1. The van der Waals surface area contributed by atoms with E-state index in [9.17, 15) is 14.7 Å². The molecule has 3 aromatic carbocycles. The minimum Gasteiger partial charge on any atom is -0.480 e. The second-order valence-corrected chi connectivity index (χ2v) is 12.2. The van der Waals surface area contributed by atoms with Gasteiger partial charge in [0.1, 0.15) is 6.04 Å². The molecule has 0 radical (unpaired) electrons. The molecular formula is C31H35N3O3S2. The lowest BCUT2D eigenvalue weighted by Gasteiger charge is -2.37. The molecule has 1 aliphatic rings. The molecular weight excluding hydrogens is 526 g/mol. The minimum atomic E-state index is -1.02. The minimum absolute atomic E-state index is 0.363. The molecule has 1 aliphatic heterocycles. The van der Waals surface area contributed by atoms with Crippen LogP contribution in [0.25, 0.3) is 11.1 Å². The molecule has 0 bridgehead atoms. The van der Waals surface area contributed by atoms with Gasteiger partial charge in [-0.25, -0.2) is 4.79 Å². The van der Waals surface area contributed by atoms with Crippen LogP contribution >= 0.6 is 23.5 Å². The number of benzene rings is 3. The van der Waals surface area contributed by atoms with Crippen LogP contribution in [0.5, 0.6) is 0 Å². The van der Waals surface area contributed by atoms with E-state index in [4.69, 9.17) is 4.99 Å². The number of carbonyl (C=O) groups excluding carboxylic acids is 1. The molecule has 2 N–H and O–H groups in total. The van der Waals surface area contributed by atoms with Crippen LogP contribution in [0.15, 0.2) is 77.8 Å². The van der Waals surface area contributed by atoms with Gasteiger partial charge in [0.25, 0.3) is 5.91 Å². The Bertz CT molecular complexity index is 1360. The summed E-state index contributed by atoms with van der Waals surface area (Å²) in [6, 6.07) is 23.1. The van der Waals surface area contributed by atoms with Crippen LogP contribution in [0.1, 0.15) is 41.8 Å². The quantitative estimate of drug-likeness (QED) is 0.279. The van der Waals surface area contributed by atoms with Crippen LogP contribution in [0, 0.1) is 6.92 Å². The number of nitrogens with one attached hydrogen (secondary N) is 1. The number of carboxylic acids is 1. The van der Waals surface area contributed by atoms with Gasteiger partial charge in [-0.05, 0) is 85.7 Å². The van der Waals surface area contributed by atoms with Gasteiger partial charge in [0.2, 0.25) is 0 Å². The molecule has 6 nitrogen and oxygen atoms in total. The number of aryl methyl sites for hydroxylation is 1. The number of anilines is 1. The van der Waals surface area contributed by atoms with Crippen molar-refractivity contribution in [2.75, 3.05) is 22.7 Å². The highest BCUT2D eigenvalue weighted by Gasteiger charge is 2.36. The highest BCUT2D eigenvalue weighted by molar-refractivity contribution is 8.01. The van der Waals surface area contributed by atoms with Gasteiger partial charge in [-0.3, -0.25) is 9.79 Å². The van der Waals surface area contributed by atoms with E-state index in [-0.39, 0.29) is 5.91 Å². The number of para-hydroxylation sites is 1. The van der Waals surface area contributed by atoms with E-state index in [1.807, 2.05) is 67.8 Å². The van der Waals surface area contributed by atoms with Gasteiger partial charge in [0.05, 0.1) is 0 Å². The van der Waals surface area contributed by atoms with Gasteiger partial charge in [0, 0.05) is 29.3 Å². The van der Waals surface area contributed by atoms with Crippen molar-refractivity contribution >= 4 is 46.8 Å². The molecule has 3 aromatic rings. The third-order valence-electron chi connectivity index (χ3n) is 6.84. The van der Waals surface area contributed by atoms with Crippen molar-refractivity contribution < 1.29 is 14.7 Å². The fourth-order valence-corrected chi connectivity index (χ4v) is 6.35. The van der Waals surface area contributed by atoms with Crippen molar-refractivity contribution in [3.8, 4) is 11.1 Å². The predicted molar refractivity (Wildman–Crippen MR) is 165 cm³/mol. The van der Waals surface area contributed by atoms with E-state index in [0.29, 0.717) is 24.3 Å². The van der Waals surface area contributed by atoms with Gasteiger partial charge in [0.15, 0.2) is 4.99 Å². The zero-order chi connectivity index (χ0) is 28.0. The van der Waals surface area contributed by atoms with E-state index in [1.54, 1.807) is 23.5 Å². The molecule has 204 valence electrons. The molecule has 0 saturated heterocycles. The number of amides is 1. The van der Waals surface area contributed by atoms with E-state index in [0.717, 1.165) is 39.4 Å².